The van der Waals surface area contributed by atoms with Crippen molar-refractivity contribution in [2.75, 3.05) is 64.7 Å². The summed E-state index contributed by atoms with van der Waals surface area (Å²) in [5.41, 5.74) is 1.68. The quantitative estimate of drug-likeness (QED) is 0.0176. The third kappa shape index (κ3) is 21.6. The molecular formula is C66H95BrN4O20S2Si. The maximum absolute atomic E-state index is 13.8. The zero-order valence-corrected chi connectivity index (χ0v) is 58.5. The van der Waals surface area contributed by atoms with Crippen LogP contribution in [-0.2, 0) is 75.4 Å². The molecule has 4 saturated heterocycles. The normalized spacial score (nSPS) is 22.9. The van der Waals surface area contributed by atoms with Gasteiger partial charge in [-0.2, -0.15) is 0 Å². The summed E-state index contributed by atoms with van der Waals surface area (Å²) in [5, 5.41) is 48.3. The van der Waals surface area contributed by atoms with Crippen molar-refractivity contribution in [2.45, 2.75) is 187 Å². The lowest BCUT2D eigenvalue weighted by Crippen LogP contribution is -2.51. The Balaban J connectivity index is 0.000000208. The number of rotatable bonds is 28. The van der Waals surface area contributed by atoms with Gasteiger partial charge in [-0.1, -0.05) is 132 Å². The Kier molecular flexibility index (Phi) is 28.4. The molecule has 6 N–H and O–H groups in total. The SMILES string of the molecule is CC(C)(C)[Si](C)(C)OCCBr.O=C(N[C@@H](Cc1ccccc1)[C@H](O)CN(OC1CCCC1)S(=O)(=O)c1ccc(O)cc1)O[C@H]1CO[C@H]2OCC[C@H]21.O=C(N[C@@H](Cc1ccccc1)[C@H](O)CN(OC1CCCC1)S(=O)(=O)c1ccc(OCCO)cc1)O[C@H]1CO[C@H]2OCC[C@H]21. The highest BCUT2D eigenvalue weighted by molar-refractivity contribution is 9.09. The summed E-state index contributed by atoms with van der Waals surface area (Å²) in [5.74, 6) is 0.235. The highest BCUT2D eigenvalue weighted by atomic mass is 79.9. The molecule has 4 aromatic rings. The fraction of sp³-hybridized carbons (Fsp3) is 0.606. The van der Waals surface area contributed by atoms with Gasteiger partial charge in [-0.25, -0.2) is 26.4 Å². The number of carbonyl (C=O) groups excluding carboxylic acids is 2. The van der Waals surface area contributed by atoms with E-state index in [4.69, 9.17) is 52.4 Å². The van der Waals surface area contributed by atoms with Crippen molar-refractivity contribution in [3.8, 4) is 11.5 Å². The van der Waals surface area contributed by atoms with Gasteiger partial charge < -0.3 is 68.6 Å². The average molecular weight is 1440 g/mol. The molecule has 0 spiro atoms. The second kappa shape index (κ2) is 35.6. The number of hydrogen-bond acceptors (Lipinski definition) is 20. The van der Waals surface area contributed by atoms with Gasteiger partial charge in [0.2, 0.25) is 0 Å². The van der Waals surface area contributed by atoms with Crippen molar-refractivity contribution in [3.05, 3.63) is 120 Å². The van der Waals surface area contributed by atoms with Crippen LogP contribution < -0.4 is 15.4 Å². The van der Waals surface area contributed by atoms with Crippen LogP contribution in [0, 0.1) is 11.8 Å². The number of alkyl halides is 1. The van der Waals surface area contributed by atoms with Gasteiger partial charge in [0.25, 0.3) is 20.0 Å². The third-order valence-electron chi connectivity index (χ3n) is 17.9. The molecule has 2 aliphatic carbocycles. The first-order chi connectivity index (χ1) is 44.9. The van der Waals surface area contributed by atoms with Gasteiger partial charge in [0.15, 0.2) is 20.9 Å². The fourth-order valence-electron chi connectivity index (χ4n) is 11.6. The Morgan fingerprint density at radius 3 is 1.43 bits per heavy atom. The summed E-state index contributed by atoms with van der Waals surface area (Å²) in [6, 6.07) is 27.6. The monoisotopic (exact) mass is 1430 g/mol. The lowest BCUT2D eigenvalue weighted by molar-refractivity contribution is -0.145. The molecule has 24 nitrogen and oxygen atoms in total. The Bertz CT molecular complexity index is 3170. The van der Waals surface area contributed by atoms with Gasteiger partial charge in [0, 0.05) is 11.9 Å². The molecule has 522 valence electrons. The van der Waals surface area contributed by atoms with E-state index in [1.165, 1.54) is 48.5 Å². The van der Waals surface area contributed by atoms with Crippen LogP contribution in [0.5, 0.6) is 11.5 Å². The van der Waals surface area contributed by atoms with E-state index in [-0.39, 0.29) is 91.4 Å². The van der Waals surface area contributed by atoms with E-state index in [0.717, 1.165) is 70.5 Å². The number of aliphatic hydroxyl groups excluding tert-OH is 3. The van der Waals surface area contributed by atoms with Crippen molar-refractivity contribution in [3.63, 3.8) is 0 Å². The molecule has 4 heterocycles. The van der Waals surface area contributed by atoms with Gasteiger partial charge in [-0.15, -0.1) is 0 Å². The van der Waals surface area contributed by atoms with Gasteiger partial charge in [-0.3, -0.25) is 9.68 Å². The second-order valence-electron chi connectivity index (χ2n) is 25.8. The lowest BCUT2D eigenvalue weighted by atomic mass is 10.0. The van der Waals surface area contributed by atoms with E-state index < -0.39 is 90.1 Å². The number of hydroxylamine groups is 2. The summed E-state index contributed by atoms with van der Waals surface area (Å²) >= 11 is 3.37. The molecule has 4 aliphatic heterocycles. The number of nitrogens with zero attached hydrogens (tertiary/aromatic N) is 2. The number of sulfonamides is 2. The van der Waals surface area contributed by atoms with E-state index in [2.05, 4.69) is 60.4 Å². The molecule has 0 radical (unpaired) electrons. The second-order valence-corrected chi connectivity index (χ2v) is 35.1. The van der Waals surface area contributed by atoms with E-state index in [1.54, 1.807) is 0 Å². The Labute approximate surface area is 562 Å². The molecule has 4 aromatic carbocycles. The first-order valence-electron chi connectivity index (χ1n) is 32.5. The van der Waals surface area contributed by atoms with E-state index in [0.29, 0.717) is 49.7 Å². The molecule has 0 unspecified atom stereocenters. The molecular weight excluding hydrogens is 1340 g/mol. The predicted octanol–water partition coefficient (Wildman–Crippen LogP) is 8.50. The Morgan fingerprint density at radius 2 is 1.03 bits per heavy atom. The zero-order chi connectivity index (χ0) is 67.5. The number of aromatic hydroxyl groups is 1. The van der Waals surface area contributed by atoms with Crippen molar-refractivity contribution in [2.24, 2.45) is 11.8 Å². The van der Waals surface area contributed by atoms with Crippen molar-refractivity contribution in [1.82, 2.24) is 19.6 Å². The third-order valence-corrected chi connectivity index (χ3v) is 26.1. The van der Waals surface area contributed by atoms with Crippen LogP contribution in [0.25, 0.3) is 0 Å². The minimum atomic E-state index is -4.21. The largest absolute Gasteiger partial charge is 0.508 e. The number of phenolic OH excluding ortho intramolecular Hbond substituents is 1. The van der Waals surface area contributed by atoms with E-state index >= 15 is 0 Å². The molecule has 2 saturated carbocycles. The molecule has 94 heavy (non-hydrogen) atoms. The first kappa shape index (κ1) is 74.9. The predicted molar refractivity (Wildman–Crippen MR) is 353 cm³/mol. The van der Waals surface area contributed by atoms with Crippen LogP contribution in [0.2, 0.25) is 18.1 Å². The Morgan fingerprint density at radius 1 is 0.617 bits per heavy atom. The van der Waals surface area contributed by atoms with Gasteiger partial charge in [0.05, 0.1) is 104 Å². The van der Waals surface area contributed by atoms with Crippen LogP contribution in [0.15, 0.2) is 119 Å². The minimum absolute atomic E-state index is 0.0457. The number of aliphatic hydroxyl groups is 3. The standard InChI is InChI=1S/C30H40N2O10S.C28H36N2O9S.C8H19BrOSi/c33-15-17-38-22-10-12-24(13-11-22)43(36,37)32(42-23-8-4-5-9-23)19-27(34)26(18-21-6-2-1-3-7-21)31-30(35)41-28-20-40-29-25(28)14-16-39-29;31-20-10-12-22(13-11-20)40(34,35)30(39-21-8-4-5-9-21)17-25(32)24(16-19-6-2-1-3-7-19)29-28(33)38-26-18-37-27-23(26)14-15-36-27;1-8(2,3)11(4,5)10-7-6-9/h1-3,6-7,10-13,23,25-29,33-34H,4-5,8-9,14-20H2,(H,31,35);1-3,6-7,10-13,21,23-27,31-32H,4-5,8-9,14-18H2,(H,29,33);6-7H2,1-5H3/t25-,26-,27+,28-,29+;23-,24-,25+,26-,27+;/m00./s1. The summed E-state index contributed by atoms with van der Waals surface area (Å²) in [6.45, 7) is 12.7. The van der Waals surface area contributed by atoms with Crippen LogP contribution in [0.1, 0.15) is 96.1 Å². The van der Waals surface area contributed by atoms with Crippen LogP contribution in [0.4, 0.5) is 9.59 Å². The van der Waals surface area contributed by atoms with Crippen LogP contribution >= 0.6 is 15.9 Å². The summed E-state index contributed by atoms with van der Waals surface area (Å²) in [4.78, 5) is 37.8. The number of fused-ring (bicyclic) bond motifs is 2. The van der Waals surface area contributed by atoms with E-state index in [1.807, 2.05) is 60.7 Å². The maximum atomic E-state index is 13.8. The Hall–Kier alpha value is -4.86. The average Bonchev–Trinajstić information content (AvgIpc) is 0.852. The highest BCUT2D eigenvalue weighted by Crippen LogP contribution is 2.38. The number of carbonyl (C=O) groups is 2. The lowest BCUT2D eigenvalue weighted by Gasteiger charge is -2.35. The summed E-state index contributed by atoms with van der Waals surface area (Å²) in [7, 11) is -9.87. The molecule has 10 atom stereocenters. The number of ether oxygens (including phenoxy) is 7. The van der Waals surface area contributed by atoms with Crippen molar-refractivity contribution >= 4 is 56.5 Å². The molecule has 0 aromatic heterocycles. The topological polar surface area (TPSA) is 306 Å². The number of nitrogens with one attached hydrogen (secondary N) is 2. The minimum Gasteiger partial charge on any atom is -0.508 e. The molecule has 6 aliphatic rings. The van der Waals surface area contributed by atoms with Gasteiger partial charge in [0.1, 0.15) is 30.3 Å². The summed E-state index contributed by atoms with van der Waals surface area (Å²) < 4.78 is 101. The molecule has 10 rings (SSSR count). The van der Waals surface area contributed by atoms with Crippen LogP contribution in [-0.4, -0.2) is 193 Å². The highest BCUT2D eigenvalue weighted by Gasteiger charge is 2.46. The molecule has 28 heteroatoms. The number of phenols is 1. The number of alkyl carbamates (subject to hydrolysis) is 2. The molecule has 0 bridgehead atoms. The molecule has 6 fully saturated rings. The van der Waals surface area contributed by atoms with Crippen molar-refractivity contribution in [1.29, 1.82) is 0 Å². The summed E-state index contributed by atoms with van der Waals surface area (Å²) in [6.07, 6.45) is 1.86. The number of amides is 2. The van der Waals surface area contributed by atoms with Crippen molar-refractivity contribution < 1.29 is 94.1 Å². The van der Waals surface area contributed by atoms with Gasteiger partial charge >= 0.3 is 12.2 Å². The smallest absolute Gasteiger partial charge is 0.407 e. The molecule has 2 amide bonds. The van der Waals surface area contributed by atoms with Gasteiger partial charge in [-0.05, 0) is 129 Å². The number of halogens is 1. The van der Waals surface area contributed by atoms with E-state index in [9.17, 15) is 41.7 Å². The van der Waals surface area contributed by atoms with Crippen LogP contribution in [0.3, 0.4) is 0 Å². The zero-order valence-electron chi connectivity index (χ0n) is 54.3. The maximum Gasteiger partial charge on any atom is 0.407 e. The fourth-order valence-corrected chi connectivity index (χ4v) is 15.7. The number of hydrogen-bond donors (Lipinski definition) is 6. The first-order valence-corrected chi connectivity index (χ1v) is 39.4. The number of benzene rings is 4.